The zero-order valence-electron chi connectivity index (χ0n) is 19.1. The summed E-state index contributed by atoms with van der Waals surface area (Å²) in [4.78, 5) is 31.9. The summed E-state index contributed by atoms with van der Waals surface area (Å²) < 4.78 is 5.25. The highest BCUT2D eigenvalue weighted by Crippen LogP contribution is 2.13. The Morgan fingerprint density at radius 1 is 1.00 bits per heavy atom. The molecule has 0 fully saturated rings. The van der Waals surface area contributed by atoms with Crippen LogP contribution in [0.2, 0.25) is 0 Å². The van der Waals surface area contributed by atoms with E-state index in [9.17, 15) is 9.59 Å². The monoisotopic (exact) mass is 440 g/mol. The minimum Gasteiger partial charge on any atom is -0.444 e. The van der Waals surface area contributed by atoms with Crippen molar-refractivity contribution in [1.29, 1.82) is 0 Å². The molecule has 1 heterocycles. The number of hydrogen-bond acceptors (Lipinski definition) is 5. The normalized spacial score (nSPS) is 11.4. The summed E-state index contributed by atoms with van der Waals surface area (Å²) in [6, 6.07) is 11.0. The third kappa shape index (κ3) is 9.46. The second kappa shape index (κ2) is 12.3. The second-order valence-electron chi connectivity index (χ2n) is 8.00. The predicted molar refractivity (Wildman–Crippen MR) is 126 cm³/mol. The van der Waals surface area contributed by atoms with Crippen LogP contribution in [0.3, 0.4) is 0 Å². The van der Waals surface area contributed by atoms with Crippen LogP contribution >= 0.6 is 0 Å². The van der Waals surface area contributed by atoms with Gasteiger partial charge in [-0.2, -0.15) is 0 Å². The van der Waals surface area contributed by atoms with Gasteiger partial charge in [0.15, 0.2) is 5.96 Å². The number of ether oxygens (including phenoxy) is 1. The molecule has 2 aromatic rings. The van der Waals surface area contributed by atoms with Crippen molar-refractivity contribution in [2.45, 2.75) is 32.8 Å². The molecule has 0 saturated heterocycles. The molecule has 0 radical (unpaired) electrons. The molecule has 0 unspecified atom stereocenters. The molecule has 1 aromatic carbocycles. The standard InChI is InChI=1S/C23H32N6O3/c1-23(2,3)32-22(31)29-19-9-7-17(8-10-19)11-13-27-21(24-4)28-15-14-26-20(30)18-6-5-12-25-16-18/h5-10,12,16H,11,13-15H2,1-4H3,(H,26,30)(H,29,31)(H2,24,27,28). The summed E-state index contributed by atoms with van der Waals surface area (Å²) in [6.07, 6.45) is 3.47. The molecule has 2 amide bonds. The summed E-state index contributed by atoms with van der Waals surface area (Å²) in [5.41, 5.74) is 1.79. The number of amides is 2. The summed E-state index contributed by atoms with van der Waals surface area (Å²) in [5, 5.41) is 11.9. The molecule has 2 rings (SSSR count). The smallest absolute Gasteiger partial charge is 0.412 e. The van der Waals surface area contributed by atoms with Gasteiger partial charge in [0.25, 0.3) is 5.91 Å². The van der Waals surface area contributed by atoms with Gasteiger partial charge in [-0.1, -0.05) is 12.1 Å². The molecular weight excluding hydrogens is 408 g/mol. The second-order valence-corrected chi connectivity index (χ2v) is 8.00. The highest BCUT2D eigenvalue weighted by atomic mass is 16.6. The minimum absolute atomic E-state index is 0.160. The van der Waals surface area contributed by atoms with E-state index in [2.05, 4.69) is 31.2 Å². The Hall–Kier alpha value is -3.62. The minimum atomic E-state index is -0.534. The number of nitrogens with one attached hydrogen (secondary N) is 4. The molecule has 172 valence electrons. The fourth-order valence-corrected chi connectivity index (χ4v) is 2.68. The van der Waals surface area contributed by atoms with Crippen molar-refractivity contribution < 1.29 is 14.3 Å². The van der Waals surface area contributed by atoms with Crippen molar-refractivity contribution in [1.82, 2.24) is 20.9 Å². The molecule has 9 nitrogen and oxygen atoms in total. The number of nitrogens with zero attached hydrogens (tertiary/aromatic N) is 2. The predicted octanol–water partition coefficient (Wildman–Crippen LogP) is 2.57. The fourth-order valence-electron chi connectivity index (χ4n) is 2.68. The molecular formula is C23H32N6O3. The van der Waals surface area contributed by atoms with Gasteiger partial charge in [-0.3, -0.25) is 20.1 Å². The first kappa shape index (κ1) is 24.6. The van der Waals surface area contributed by atoms with Crippen LogP contribution in [0.15, 0.2) is 53.8 Å². The van der Waals surface area contributed by atoms with E-state index in [4.69, 9.17) is 4.74 Å². The van der Waals surface area contributed by atoms with Gasteiger partial charge in [0, 0.05) is 44.8 Å². The topological polar surface area (TPSA) is 117 Å². The fraction of sp³-hybridized carbons (Fsp3) is 0.391. The Balaban J connectivity index is 1.66. The maximum atomic E-state index is 12.0. The van der Waals surface area contributed by atoms with E-state index in [0.717, 1.165) is 12.0 Å². The average molecular weight is 441 g/mol. The third-order valence-corrected chi connectivity index (χ3v) is 4.16. The average Bonchev–Trinajstić information content (AvgIpc) is 2.75. The maximum absolute atomic E-state index is 12.0. The zero-order chi connectivity index (χ0) is 23.4. The van der Waals surface area contributed by atoms with E-state index >= 15 is 0 Å². The molecule has 0 bridgehead atoms. The lowest BCUT2D eigenvalue weighted by Gasteiger charge is -2.19. The first-order valence-corrected chi connectivity index (χ1v) is 10.5. The molecule has 0 atom stereocenters. The zero-order valence-corrected chi connectivity index (χ0v) is 19.1. The molecule has 0 aliphatic carbocycles. The van der Waals surface area contributed by atoms with Crippen LogP contribution < -0.4 is 21.3 Å². The lowest BCUT2D eigenvalue weighted by molar-refractivity contribution is 0.0635. The lowest BCUT2D eigenvalue weighted by Crippen LogP contribution is -2.42. The van der Waals surface area contributed by atoms with Gasteiger partial charge >= 0.3 is 6.09 Å². The summed E-state index contributed by atoms with van der Waals surface area (Å²) in [7, 11) is 1.70. The highest BCUT2D eigenvalue weighted by Gasteiger charge is 2.16. The van der Waals surface area contributed by atoms with Gasteiger partial charge in [-0.15, -0.1) is 0 Å². The Kier molecular flexibility index (Phi) is 9.46. The van der Waals surface area contributed by atoms with Gasteiger partial charge in [-0.05, 0) is 57.0 Å². The number of aromatic nitrogens is 1. The lowest BCUT2D eigenvalue weighted by atomic mass is 10.1. The van der Waals surface area contributed by atoms with Crippen LogP contribution in [0.5, 0.6) is 0 Å². The van der Waals surface area contributed by atoms with Crippen molar-refractivity contribution in [3.63, 3.8) is 0 Å². The van der Waals surface area contributed by atoms with Crippen LogP contribution in [-0.4, -0.2) is 55.2 Å². The summed E-state index contributed by atoms with van der Waals surface area (Å²) in [6.45, 7) is 7.15. The molecule has 0 spiro atoms. The van der Waals surface area contributed by atoms with Crippen LogP contribution in [0, 0.1) is 0 Å². The van der Waals surface area contributed by atoms with Crippen molar-refractivity contribution in [2.75, 3.05) is 32.0 Å². The highest BCUT2D eigenvalue weighted by molar-refractivity contribution is 5.93. The van der Waals surface area contributed by atoms with E-state index in [-0.39, 0.29) is 5.91 Å². The molecule has 0 aliphatic rings. The van der Waals surface area contributed by atoms with E-state index in [1.807, 2.05) is 45.0 Å². The summed E-state index contributed by atoms with van der Waals surface area (Å²) in [5.74, 6) is 0.497. The maximum Gasteiger partial charge on any atom is 0.412 e. The van der Waals surface area contributed by atoms with E-state index in [1.165, 1.54) is 6.20 Å². The summed E-state index contributed by atoms with van der Waals surface area (Å²) >= 11 is 0. The van der Waals surface area contributed by atoms with Gasteiger partial charge in [-0.25, -0.2) is 4.79 Å². The number of hydrogen-bond donors (Lipinski definition) is 4. The Bertz CT molecular complexity index is 892. The third-order valence-electron chi connectivity index (χ3n) is 4.16. The first-order valence-electron chi connectivity index (χ1n) is 10.5. The van der Waals surface area contributed by atoms with Crippen LogP contribution in [0.4, 0.5) is 10.5 Å². The molecule has 0 aliphatic heterocycles. The van der Waals surface area contributed by atoms with Crippen LogP contribution in [0.1, 0.15) is 36.7 Å². The first-order chi connectivity index (χ1) is 15.3. The number of carbonyl (C=O) groups is 2. The molecule has 9 heteroatoms. The number of anilines is 1. The Morgan fingerprint density at radius 2 is 1.69 bits per heavy atom. The largest absolute Gasteiger partial charge is 0.444 e. The van der Waals surface area contributed by atoms with Crippen LogP contribution in [-0.2, 0) is 11.2 Å². The van der Waals surface area contributed by atoms with Gasteiger partial charge in [0.1, 0.15) is 5.60 Å². The number of rotatable bonds is 8. The molecule has 1 aromatic heterocycles. The van der Waals surface area contributed by atoms with Gasteiger partial charge < -0.3 is 20.7 Å². The number of pyridine rings is 1. The number of guanidine groups is 1. The number of benzene rings is 1. The van der Waals surface area contributed by atoms with Gasteiger partial charge in [0.2, 0.25) is 0 Å². The SMILES string of the molecule is CN=C(NCCNC(=O)c1cccnc1)NCCc1ccc(NC(=O)OC(C)(C)C)cc1. The van der Waals surface area contributed by atoms with E-state index in [1.54, 1.807) is 25.4 Å². The van der Waals surface area contributed by atoms with E-state index in [0.29, 0.717) is 36.8 Å². The van der Waals surface area contributed by atoms with Crippen LogP contribution in [0.25, 0.3) is 0 Å². The van der Waals surface area contributed by atoms with E-state index < -0.39 is 11.7 Å². The van der Waals surface area contributed by atoms with Gasteiger partial charge in [0.05, 0.1) is 5.56 Å². The number of carbonyl (C=O) groups excluding carboxylic acids is 2. The Labute approximate surface area is 189 Å². The van der Waals surface area contributed by atoms with Crippen molar-refractivity contribution in [3.8, 4) is 0 Å². The van der Waals surface area contributed by atoms with Crippen molar-refractivity contribution in [2.24, 2.45) is 4.99 Å². The Morgan fingerprint density at radius 3 is 2.31 bits per heavy atom. The number of aliphatic imine (C=N–C) groups is 1. The van der Waals surface area contributed by atoms with Crippen molar-refractivity contribution >= 4 is 23.6 Å². The molecule has 4 N–H and O–H groups in total. The molecule has 0 saturated carbocycles. The van der Waals surface area contributed by atoms with Crippen molar-refractivity contribution in [3.05, 3.63) is 59.9 Å². The molecule has 32 heavy (non-hydrogen) atoms. The quantitative estimate of drug-likeness (QED) is 0.285.